The molecule has 80 valence electrons. The number of hydrogen-bond acceptors (Lipinski definition) is 3. The second kappa shape index (κ2) is 4.65. The number of halogens is 2. The van der Waals surface area contributed by atoms with Crippen molar-refractivity contribution in [2.75, 3.05) is 7.05 Å². The highest BCUT2D eigenvalue weighted by molar-refractivity contribution is 9.10. The summed E-state index contributed by atoms with van der Waals surface area (Å²) < 4.78 is 1.05. The van der Waals surface area contributed by atoms with E-state index in [1.54, 1.807) is 11.3 Å². The zero-order valence-corrected chi connectivity index (χ0v) is 11.1. The van der Waals surface area contributed by atoms with Gasteiger partial charge < -0.3 is 10.3 Å². The van der Waals surface area contributed by atoms with Crippen LogP contribution in [0.4, 0.5) is 0 Å². The molecule has 2 aromatic heterocycles. The molecule has 0 spiro atoms. The van der Waals surface area contributed by atoms with E-state index in [1.165, 1.54) is 0 Å². The number of nitrogens with zero attached hydrogens (tertiary/aromatic N) is 1. The molecule has 3 nitrogen and oxygen atoms in total. The number of thiophene rings is 1. The van der Waals surface area contributed by atoms with Crippen LogP contribution in [-0.2, 0) is 6.54 Å². The molecular weight excluding hydrogens is 298 g/mol. The average Bonchev–Trinajstić information content (AvgIpc) is 2.73. The van der Waals surface area contributed by atoms with Crippen molar-refractivity contribution in [3.05, 3.63) is 26.9 Å². The summed E-state index contributed by atoms with van der Waals surface area (Å²) in [6.45, 7) is 0.687. The first kappa shape index (κ1) is 11.1. The van der Waals surface area contributed by atoms with Gasteiger partial charge in [-0.2, -0.15) is 0 Å². The smallest absolute Gasteiger partial charge is 0.135 e. The van der Waals surface area contributed by atoms with E-state index in [0.717, 1.165) is 20.9 Å². The van der Waals surface area contributed by atoms with E-state index in [0.29, 0.717) is 11.7 Å². The summed E-state index contributed by atoms with van der Waals surface area (Å²) >= 11 is 11.1. The first-order valence-electron chi connectivity index (χ1n) is 4.34. The van der Waals surface area contributed by atoms with Gasteiger partial charge >= 0.3 is 0 Å². The zero-order chi connectivity index (χ0) is 10.8. The summed E-state index contributed by atoms with van der Waals surface area (Å²) in [5, 5.41) is 5.63. The van der Waals surface area contributed by atoms with Crippen molar-refractivity contribution >= 4 is 38.9 Å². The molecule has 0 amide bonds. The molecule has 2 rings (SSSR count). The maximum absolute atomic E-state index is 6.07. The second-order valence-corrected chi connectivity index (χ2v) is 5.21. The number of hydrogen-bond donors (Lipinski definition) is 2. The van der Waals surface area contributed by atoms with Crippen LogP contribution < -0.4 is 5.32 Å². The fourth-order valence-corrected chi connectivity index (χ4v) is 2.98. The minimum Gasteiger partial charge on any atom is -0.331 e. The molecule has 0 aliphatic heterocycles. The number of H-pyrrole nitrogens is 1. The van der Waals surface area contributed by atoms with Gasteiger partial charge in [-0.1, -0.05) is 11.6 Å². The van der Waals surface area contributed by atoms with E-state index in [-0.39, 0.29) is 0 Å². The van der Waals surface area contributed by atoms with Crippen LogP contribution in [-0.4, -0.2) is 17.0 Å². The molecule has 0 bridgehead atoms. The molecule has 0 radical (unpaired) electrons. The Labute approximate surface area is 105 Å². The molecule has 0 unspecified atom stereocenters. The highest BCUT2D eigenvalue weighted by atomic mass is 79.9. The highest BCUT2D eigenvalue weighted by Crippen LogP contribution is 2.32. The summed E-state index contributed by atoms with van der Waals surface area (Å²) in [6.07, 6.45) is 0. The third-order valence-electron chi connectivity index (χ3n) is 1.85. The number of aromatic nitrogens is 2. The predicted molar refractivity (Wildman–Crippen MR) is 67.4 cm³/mol. The van der Waals surface area contributed by atoms with Crippen molar-refractivity contribution in [1.29, 1.82) is 0 Å². The van der Waals surface area contributed by atoms with Crippen molar-refractivity contribution in [2.24, 2.45) is 0 Å². The van der Waals surface area contributed by atoms with Gasteiger partial charge in [0.1, 0.15) is 16.7 Å². The van der Waals surface area contributed by atoms with E-state index in [9.17, 15) is 0 Å². The summed E-state index contributed by atoms with van der Waals surface area (Å²) in [6, 6.07) is 2.01. The molecule has 0 aliphatic rings. The van der Waals surface area contributed by atoms with Crippen LogP contribution in [0.5, 0.6) is 0 Å². The summed E-state index contributed by atoms with van der Waals surface area (Å²) in [5.41, 5.74) is 0.817. The van der Waals surface area contributed by atoms with Crippen molar-refractivity contribution < 1.29 is 0 Å². The molecule has 0 saturated carbocycles. The largest absolute Gasteiger partial charge is 0.331 e. The van der Waals surface area contributed by atoms with Gasteiger partial charge in [0.25, 0.3) is 0 Å². The topological polar surface area (TPSA) is 40.7 Å². The minimum atomic E-state index is 0.592. The Morgan fingerprint density at radius 3 is 3.07 bits per heavy atom. The molecule has 0 atom stereocenters. The standard InChI is InChI=1S/C9H9BrClN3S/c1-12-3-7-13-8(9(11)14-7)6-2-5(10)4-15-6/h2,4,12H,3H2,1H3,(H,13,14). The van der Waals surface area contributed by atoms with Crippen LogP contribution in [0.2, 0.25) is 5.15 Å². The maximum atomic E-state index is 6.07. The fraction of sp³-hybridized carbons (Fsp3) is 0.222. The first-order chi connectivity index (χ1) is 7.20. The minimum absolute atomic E-state index is 0.592. The van der Waals surface area contributed by atoms with E-state index in [4.69, 9.17) is 11.6 Å². The number of rotatable bonds is 3. The fourth-order valence-electron chi connectivity index (χ4n) is 1.25. The normalized spacial score (nSPS) is 10.9. The van der Waals surface area contributed by atoms with Crippen molar-refractivity contribution in [3.8, 4) is 10.6 Å². The third kappa shape index (κ3) is 2.42. The second-order valence-electron chi connectivity index (χ2n) is 3.01. The monoisotopic (exact) mass is 305 g/mol. The molecule has 2 N–H and O–H groups in total. The van der Waals surface area contributed by atoms with Crippen LogP contribution >= 0.6 is 38.9 Å². The lowest BCUT2D eigenvalue weighted by Crippen LogP contribution is -2.06. The summed E-state index contributed by atoms with van der Waals surface area (Å²) in [7, 11) is 1.87. The quantitative estimate of drug-likeness (QED) is 0.913. The predicted octanol–water partition coefficient (Wildman–Crippen LogP) is 3.27. The molecule has 15 heavy (non-hydrogen) atoms. The molecule has 6 heteroatoms. The molecule has 2 heterocycles. The summed E-state index contributed by atoms with van der Waals surface area (Å²) in [5.74, 6) is 0.849. The van der Waals surface area contributed by atoms with Crippen LogP contribution in [0, 0.1) is 0 Å². The van der Waals surface area contributed by atoms with Gasteiger partial charge in [0.15, 0.2) is 0 Å². The van der Waals surface area contributed by atoms with E-state index >= 15 is 0 Å². The Bertz CT molecular complexity index is 466. The summed E-state index contributed by atoms with van der Waals surface area (Å²) in [4.78, 5) is 8.52. The van der Waals surface area contributed by atoms with Gasteiger partial charge in [0.05, 0.1) is 11.4 Å². The Morgan fingerprint density at radius 2 is 2.47 bits per heavy atom. The van der Waals surface area contributed by atoms with Gasteiger partial charge in [-0.15, -0.1) is 11.3 Å². The number of nitrogens with one attached hydrogen (secondary N) is 2. The van der Waals surface area contributed by atoms with Gasteiger partial charge in [-0.3, -0.25) is 0 Å². The van der Waals surface area contributed by atoms with Gasteiger partial charge in [-0.25, -0.2) is 4.98 Å². The SMILES string of the molecule is CNCc1nc(-c2cc(Br)cs2)c(Cl)[nH]1. The van der Waals surface area contributed by atoms with E-state index in [1.807, 2.05) is 18.5 Å². The Kier molecular flexibility index (Phi) is 3.45. The molecule has 0 saturated heterocycles. The average molecular weight is 307 g/mol. The molecule has 2 aromatic rings. The number of aromatic amines is 1. The van der Waals surface area contributed by atoms with Crippen LogP contribution in [0.15, 0.2) is 15.9 Å². The molecule has 0 aliphatic carbocycles. The van der Waals surface area contributed by atoms with Gasteiger partial charge in [0.2, 0.25) is 0 Å². The third-order valence-corrected chi connectivity index (χ3v) is 3.83. The Hall–Kier alpha value is -0.360. The first-order valence-corrected chi connectivity index (χ1v) is 6.39. The van der Waals surface area contributed by atoms with Crippen LogP contribution in [0.25, 0.3) is 10.6 Å². The zero-order valence-electron chi connectivity index (χ0n) is 7.97. The molecule has 0 aromatic carbocycles. The van der Waals surface area contributed by atoms with Crippen molar-refractivity contribution in [2.45, 2.75) is 6.54 Å². The van der Waals surface area contributed by atoms with Crippen molar-refractivity contribution in [1.82, 2.24) is 15.3 Å². The molecular formula is C9H9BrClN3S. The van der Waals surface area contributed by atoms with Crippen LogP contribution in [0.1, 0.15) is 5.82 Å². The van der Waals surface area contributed by atoms with Crippen molar-refractivity contribution in [3.63, 3.8) is 0 Å². The lowest BCUT2D eigenvalue weighted by molar-refractivity contribution is 0.772. The lowest BCUT2D eigenvalue weighted by atomic mass is 10.4. The highest BCUT2D eigenvalue weighted by Gasteiger charge is 2.11. The molecule has 0 fully saturated rings. The van der Waals surface area contributed by atoms with Gasteiger partial charge in [0, 0.05) is 9.85 Å². The lowest BCUT2D eigenvalue weighted by Gasteiger charge is -1.91. The maximum Gasteiger partial charge on any atom is 0.135 e. The van der Waals surface area contributed by atoms with E-state index in [2.05, 4.69) is 31.2 Å². The van der Waals surface area contributed by atoms with E-state index < -0.39 is 0 Å². The van der Waals surface area contributed by atoms with Gasteiger partial charge in [-0.05, 0) is 29.0 Å². The Balaban J connectivity index is 2.35. The van der Waals surface area contributed by atoms with Crippen LogP contribution in [0.3, 0.4) is 0 Å². The number of imidazole rings is 1. The Morgan fingerprint density at radius 1 is 1.67 bits per heavy atom.